The molecule has 4 heterocycles. The Morgan fingerprint density at radius 2 is 1.93 bits per heavy atom. The van der Waals surface area contributed by atoms with Gasteiger partial charge in [0.1, 0.15) is 11.6 Å². The molecular weight excluding hydrogens is 571 g/mol. The van der Waals surface area contributed by atoms with Gasteiger partial charge in [0, 0.05) is 55.7 Å². The van der Waals surface area contributed by atoms with Gasteiger partial charge in [0.15, 0.2) is 0 Å². The number of aromatic amines is 1. The Labute approximate surface area is 260 Å². The van der Waals surface area contributed by atoms with Crippen LogP contribution in [-0.2, 0) is 19.5 Å². The maximum Gasteiger partial charge on any atom is 0.322 e. The number of carbonyl (C=O) groups excluding carboxylic acids is 2. The number of urea groups is 2. The quantitative estimate of drug-likeness (QED) is 0.219. The molecule has 2 aliphatic heterocycles. The number of aromatic nitrogens is 4. The molecule has 0 spiro atoms. The highest BCUT2D eigenvalue weighted by Crippen LogP contribution is 2.28. The molecule has 7 rings (SSSR count). The monoisotopic (exact) mass is 606 g/mol. The van der Waals surface area contributed by atoms with Crippen molar-refractivity contribution in [3.05, 3.63) is 113 Å². The van der Waals surface area contributed by atoms with E-state index >= 15 is 0 Å². The second-order valence-corrected chi connectivity index (χ2v) is 11.9. The minimum absolute atomic E-state index is 0.0491. The number of halogens is 1. The Balaban J connectivity index is 1.08. The first kappa shape index (κ1) is 28.6. The molecule has 2 aromatic heterocycles. The van der Waals surface area contributed by atoms with Crippen molar-refractivity contribution in [2.75, 3.05) is 18.4 Å². The number of hydrogen-bond donors (Lipinski definition) is 3. The number of imidazole rings is 1. The number of amides is 4. The molecular formula is C34H35FN8O2. The van der Waals surface area contributed by atoms with Crippen molar-refractivity contribution in [2.24, 2.45) is 0 Å². The summed E-state index contributed by atoms with van der Waals surface area (Å²) in [5.41, 5.74) is 5.86. The Hall–Kier alpha value is -5.19. The van der Waals surface area contributed by atoms with E-state index < -0.39 is 6.04 Å². The van der Waals surface area contributed by atoms with E-state index in [0.717, 1.165) is 38.8 Å². The van der Waals surface area contributed by atoms with E-state index in [-0.39, 0.29) is 23.9 Å². The van der Waals surface area contributed by atoms with Gasteiger partial charge in [-0.2, -0.15) is 5.10 Å². The number of nitrogens with one attached hydrogen (secondary N) is 3. The molecule has 3 aromatic carbocycles. The van der Waals surface area contributed by atoms with Crippen LogP contribution < -0.4 is 10.6 Å². The van der Waals surface area contributed by atoms with E-state index in [1.54, 1.807) is 18.5 Å². The average molecular weight is 607 g/mol. The van der Waals surface area contributed by atoms with Gasteiger partial charge in [-0.15, -0.1) is 0 Å². The van der Waals surface area contributed by atoms with Crippen LogP contribution in [-0.4, -0.2) is 60.7 Å². The zero-order valence-electron chi connectivity index (χ0n) is 25.0. The minimum atomic E-state index is -0.438. The molecule has 1 fully saturated rings. The number of aryl methyl sites for hydroxylation is 1. The smallest absolute Gasteiger partial charge is 0.322 e. The van der Waals surface area contributed by atoms with Crippen molar-refractivity contribution in [3.63, 3.8) is 0 Å². The number of anilines is 1. The van der Waals surface area contributed by atoms with Gasteiger partial charge in [0.2, 0.25) is 0 Å². The number of benzene rings is 3. The van der Waals surface area contributed by atoms with Crippen molar-refractivity contribution in [1.82, 2.24) is 34.9 Å². The largest absolute Gasteiger partial charge is 0.329 e. The lowest BCUT2D eigenvalue weighted by molar-refractivity contribution is 0.127. The summed E-state index contributed by atoms with van der Waals surface area (Å²) < 4.78 is 15.9. The van der Waals surface area contributed by atoms with Crippen LogP contribution in [0.3, 0.4) is 0 Å². The molecule has 3 N–H and O–H groups in total. The van der Waals surface area contributed by atoms with Gasteiger partial charge in [-0.25, -0.2) is 19.0 Å². The van der Waals surface area contributed by atoms with Gasteiger partial charge >= 0.3 is 12.1 Å². The van der Waals surface area contributed by atoms with Crippen LogP contribution in [0.1, 0.15) is 47.0 Å². The first-order chi connectivity index (χ1) is 21.9. The number of hydrogen-bond acceptors (Lipinski definition) is 4. The number of carbonyl (C=O) groups is 2. The van der Waals surface area contributed by atoms with E-state index in [2.05, 4.69) is 37.9 Å². The summed E-state index contributed by atoms with van der Waals surface area (Å²) in [6.45, 7) is 4.09. The van der Waals surface area contributed by atoms with Crippen LogP contribution in [0.15, 0.2) is 79.3 Å². The van der Waals surface area contributed by atoms with E-state index in [9.17, 15) is 14.0 Å². The maximum atomic E-state index is 14.0. The zero-order chi connectivity index (χ0) is 30.9. The fourth-order valence-electron chi connectivity index (χ4n) is 6.61. The lowest BCUT2D eigenvalue weighted by Crippen LogP contribution is -2.53. The Morgan fingerprint density at radius 1 is 1.09 bits per heavy atom. The van der Waals surface area contributed by atoms with Crippen LogP contribution in [0, 0.1) is 12.7 Å². The van der Waals surface area contributed by atoms with Crippen LogP contribution >= 0.6 is 0 Å². The summed E-state index contributed by atoms with van der Waals surface area (Å²) in [6, 6.07) is 17.9. The molecule has 1 atom stereocenters. The van der Waals surface area contributed by atoms with E-state index in [0.29, 0.717) is 51.3 Å². The van der Waals surface area contributed by atoms with Gasteiger partial charge < -0.3 is 25.0 Å². The normalized spacial score (nSPS) is 16.0. The summed E-state index contributed by atoms with van der Waals surface area (Å²) in [5, 5.41) is 14.5. The second kappa shape index (κ2) is 12.1. The first-order valence-electron chi connectivity index (χ1n) is 15.3. The standard InChI is InChI=1S/C34H35FN8O2/c1-22-15-24(16-26-19-37-40-31(22)26)18-30(32-36-11-14-42(32)20-23-5-4-7-27(35)17-23)39-33(44)41-12-9-28(10-13-41)43-21-25-6-2-3-8-29(25)38-34(43)45/h2-8,11,14-17,19,28,30H,9-10,12-13,18,20-21H2,1H3,(H,37,40)(H,38,45)(H,39,44). The molecule has 0 radical (unpaired) electrons. The molecule has 1 saturated heterocycles. The third-order valence-corrected chi connectivity index (χ3v) is 8.90. The third-order valence-electron chi connectivity index (χ3n) is 8.90. The van der Waals surface area contributed by atoms with Crippen LogP contribution in [0.4, 0.5) is 19.7 Å². The molecule has 230 valence electrons. The van der Waals surface area contributed by atoms with Crippen LogP contribution in [0.5, 0.6) is 0 Å². The molecule has 10 nitrogen and oxygen atoms in total. The average Bonchev–Trinajstić information content (AvgIpc) is 3.71. The molecule has 0 saturated carbocycles. The van der Waals surface area contributed by atoms with Gasteiger partial charge in [0.05, 0.1) is 17.8 Å². The third kappa shape index (κ3) is 5.98. The SMILES string of the molecule is Cc1cc(CC(NC(=O)N2CCC(N3Cc4ccccc4NC3=O)CC2)c2nccn2Cc2cccc(F)c2)cc2cn[nH]c12. The molecule has 45 heavy (non-hydrogen) atoms. The Morgan fingerprint density at radius 3 is 2.78 bits per heavy atom. The lowest BCUT2D eigenvalue weighted by Gasteiger charge is -2.40. The number of rotatable bonds is 7. The highest BCUT2D eigenvalue weighted by molar-refractivity contribution is 5.92. The summed E-state index contributed by atoms with van der Waals surface area (Å²) in [6.07, 6.45) is 7.27. The van der Waals surface area contributed by atoms with Gasteiger partial charge in [-0.1, -0.05) is 36.4 Å². The number of fused-ring (bicyclic) bond motifs is 2. The summed E-state index contributed by atoms with van der Waals surface area (Å²) in [7, 11) is 0. The zero-order valence-corrected chi connectivity index (χ0v) is 25.0. The second-order valence-electron chi connectivity index (χ2n) is 11.9. The van der Waals surface area contributed by atoms with Crippen molar-refractivity contribution < 1.29 is 14.0 Å². The van der Waals surface area contributed by atoms with E-state index in [1.165, 1.54) is 12.1 Å². The summed E-state index contributed by atoms with van der Waals surface area (Å²) >= 11 is 0. The molecule has 2 aliphatic rings. The highest BCUT2D eigenvalue weighted by atomic mass is 19.1. The predicted molar refractivity (Wildman–Crippen MR) is 169 cm³/mol. The number of nitrogens with zero attached hydrogens (tertiary/aromatic N) is 5. The fourth-order valence-corrected chi connectivity index (χ4v) is 6.61. The van der Waals surface area contributed by atoms with Crippen molar-refractivity contribution in [2.45, 2.75) is 51.4 Å². The molecule has 0 aliphatic carbocycles. The van der Waals surface area contributed by atoms with Crippen molar-refractivity contribution in [3.8, 4) is 0 Å². The minimum Gasteiger partial charge on any atom is -0.329 e. The lowest BCUT2D eigenvalue weighted by atomic mass is 10.00. The summed E-state index contributed by atoms with van der Waals surface area (Å²) in [4.78, 5) is 35.0. The first-order valence-corrected chi connectivity index (χ1v) is 15.3. The van der Waals surface area contributed by atoms with Gasteiger partial charge in [0.25, 0.3) is 0 Å². The summed E-state index contributed by atoms with van der Waals surface area (Å²) in [5.74, 6) is 0.397. The fraction of sp³-hybridized carbons (Fsp3) is 0.294. The molecule has 11 heteroatoms. The van der Waals surface area contributed by atoms with Crippen molar-refractivity contribution in [1.29, 1.82) is 0 Å². The number of H-pyrrole nitrogens is 1. The van der Waals surface area contributed by atoms with E-state index in [1.807, 2.05) is 57.8 Å². The molecule has 5 aromatic rings. The molecule has 4 amide bonds. The van der Waals surface area contributed by atoms with Gasteiger partial charge in [-0.05, 0) is 72.7 Å². The van der Waals surface area contributed by atoms with Crippen molar-refractivity contribution >= 4 is 28.7 Å². The maximum absolute atomic E-state index is 14.0. The number of likely N-dealkylation sites (tertiary alicyclic amines) is 1. The predicted octanol–water partition coefficient (Wildman–Crippen LogP) is 5.76. The molecule has 1 unspecified atom stereocenters. The Kier molecular flexibility index (Phi) is 7.66. The Bertz CT molecular complexity index is 1860. The van der Waals surface area contributed by atoms with Crippen LogP contribution in [0.25, 0.3) is 10.9 Å². The van der Waals surface area contributed by atoms with E-state index in [4.69, 9.17) is 0 Å². The number of piperidine rings is 1. The highest BCUT2D eigenvalue weighted by Gasteiger charge is 2.33. The molecule has 0 bridgehead atoms. The topological polar surface area (TPSA) is 111 Å². The number of para-hydroxylation sites is 1. The van der Waals surface area contributed by atoms with Gasteiger partial charge in [-0.3, -0.25) is 5.10 Å². The van der Waals surface area contributed by atoms with Crippen LogP contribution in [0.2, 0.25) is 0 Å².